The van der Waals surface area contributed by atoms with Crippen molar-refractivity contribution in [2.75, 3.05) is 0 Å². The lowest BCUT2D eigenvalue weighted by atomic mass is 10.3. The molecule has 0 aliphatic rings. The highest BCUT2D eigenvalue weighted by molar-refractivity contribution is 9.08. The fraction of sp³-hybridized carbons (Fsp3) is 0.111. The highest BCUT2D eigenvalue weighted by Crippen LogP contribution is 2.10. The molecule has 1 heterocycles. The van der Waals surface area contributed by atoms with Gasteiger partial charge in [-0.15, -0.1) is 0 Å². The van der Waals surface area contributed by atoms with Crippen molar-refractivity contribution in [1.82, 2.24) is 9.97 Å². The minimum Gasteiger partial charge on any atom is -0.319 e. The van der Waals surface area contributed by atoms with Crippen molar-refractivity contribution in [3.63, 3.8) is 0 Å². The zero-order valence-electron chi connectivity index (χ0n) is 7.05. The number of aromatic amines is 1. The average Bonchev–Trinajstić information content (AvgIpc) is 2.16. The summed E-state index contributed by atoms with van der Waals surface area (Å²) < 4.78 is 12.8. The number of hydrogen-bond acceptors (Lipinski definition) is 2. The number of benzene rings is 1. The summed E-state index contributed by atoms with van der Waals surface area (Å²) >= 11 is 3.15. The zero-order chi connectivity index (χ0) is 10.1. The number of nitrogens with one attached hydrogen (secondary N) is 1. The van der Waals surface area contributed by atoms with Gasteiger partial charge < -0.3 is 4.98 Å². The molecule has 0 fully saturated rings. The summed E-state index contributed by atoms with van der Waals surface area (Å²) in [6.45, 7) is 0. The van der Waals surface area contributed by atoms with Crippen molar-refractivity contribution in [2.24, 2.45) is 0 Å². The van der Waals surface area contributed by atoms with E-state index >= 15 is 0 Å². The van der Waals surface area contributed by atoms with Crippen LogP contribution in [0.15, 0.2) is 23.0 Å². The molecular weight excluding hydrogens is 251 g/mol. The van der Waals surface area contributed by atoms with Crippen LogP contribution in [0, 0.1) is 5.82 Å². The molecule has 0 atom stereocenters. The molecule has 0 unspecified atom stereocenters. The van der Waals surface area contributed by atoms with Gasteiger partial charge in [-0.2, -0.15) is 0 Å². The summed E-state index contributed by atoms with van der Waals surface area (Å²) in [5.74, 6) is -0.387. The van der Waals surface area contributed by atoms with Crippen LogP contribution in [0.1, 0.15) is 5.69 Å². The van der Waals surface area contributed by atoms with E-state index in [-0.39, 0.29) is 11.4 Å². The van der Waals surface area contributed by atoms with E-state index in [1.807, 2.05) is 0 Å². The third-order valence-corrected chi connectivity index (χ3v) is 2.38. The van der Waals surface area contributed by atoms with Crippen LogP contribution < -0.4 is 5.56 Å². The van der Waals surface area contributed by atoms with E-state index < -0.39 is 0 Å². The van der Waals surface area contributed by atoms with Crippen LogP contribution in [-0.2, 0) is 5.33 Å². The molecule has 0 aliphatic carbocycles. The third kappa shape index (κ3) is 1.55. The van der Waals surface area contributed by atoms with E-state index in [2.05, 4.69) is 25.9 Å². The molecule has 0 bridgehead atoms. The van der Waals surface area contributed by atoms with Crippen LogP contribution in [-0.4, -0.2) is 9.97 Å². The Bertz CT molecular complexity index is 538. The number of halogens is 2. The lowest BCUT2D eigenvalue weighted by Gasteiger charge is -1.99. The number of alkyl halides is 1. The summed E-state index contributed by atoms with van der Waals surface area (Å²) in [7, 11) is 0. The van der Waals surface area contributed by atoms with E-state index in [0.29, 0.717) is 22.1 Å². The Kier molecular flexibility index (Phi) is 2.33. The van der Waals surface area contributed by atoms with Crippen molar-refractivity contribution in [3.05, 3.63) is 40.1 Å². The average molecular weight is 257 g/mol. The van der Waals surface area contributed by atoms with Gasteiger partial charge in [0, 0.05) is 0 Å². The molecule has 0 saturated carbocycles. The van der Waals surface area contributed by atoms with Crippen LogP contribution in [0.2, 0.25) is 0 Å². The lowest BCUT2D eigenvalue weighted by Crippen LogP contribution is -2.13. The largest absolute Gasteiger partial charge is 0.319 e. The van der Waals surface area contributed by atoms with Crippen LogP contribution in [0.5, 0.6) is 0 Å². The zero-order valence-corrected chi connectivity index (χ0v) is 8.64. The van der Waals surface area contributed by atoms with Crippen molar-refractivity contribution >= 4 is 27.0 Å². The van der Waals surface area contributed by atoms with Crippen molar-refractivity contribution in [3.8, 4) is 0 Å². The second-order valence-electron chi connectivity index (χ2n) is 2.81. The molecule has 72 valence electrons. The van der Waals surface area contributed by atoms with Gasteiger partial charge in [-0.1, -0.05) is 15.9 Å². The molecule has 1 aromatic carbocycles. The van der Waals surface area contributed by atoms with Gasteiger partial charge in [-0.3, -0.25) is 4.79 Å². The first-order valence-electron chi connectivity index (χ1n) is 3.95. The van der Waals surface area contributed by atoms with Crippen molar-refractivity contribution in [1.29, 1.82) is 0 Å². The molecule has 0 spiro atoms. The number of nitrogens with zero attached hydrogens (tertiary/aromatic N) is 1. The number of hydrogen-bond donors (Lipinski definition) is 1. The van der Waals surface area contributed by atoms with Gasteiger partial charge in [-0.25, -0.2) is 9.37 Å². The number of rotatable bonds is 1. The second kappa shape index (κ2) is 3.49. The maximum Gasteiger partial charge on any atom is 0.271 e. The van der Waals surface area contributed by atoms with Crippen LogP contribution >= 0.6 is 15.9 Å². The minimum absolute atomic E-state index is 0.292. The maximum absolute atomic E-state index is 12.8. The van der Waals surface area contributed by atoms with Gasteiger partial charge >= 0.3 is 0 Å². The van der Waals surface area contributed by atoms with Crippen LogP contribution in [0.4, 0.5) is 4.39 Å². The normalized spacial score (nSPS) is 10.7. The minimum atomic E-state index is -0.387. The van der Waals surface area contributed by atoms with Gasteiger partial charge in [-0.05, 0) is 18.2 Å². The Hall–Kier alpha value is -1.23. The van der Waals surface area contributed by atoms with Crippen LogP contribution in [0.25, 0.3) is 11.0 Å². The Balaban J connectivity index is 2.79. The summed E-state index contributed by atoms with van der Waals surface area (Å²) in [5.41, 5.74) is 1.10. The highest BCUT2D eigenvalue weighted by Gasteiger charge is 2.03. The fourth-order valence-electron chi connectivity index (χ4n) is 1.19. The molecule has 3 nitrogen and oxygen atoms in total. The van der Waals surface area contributed by atoms with E-state index in [0.717, 1.165) is 0 Å². The topological polar surface area (TPSA) is 45.8 Å². The van der Waals surface area contributed by atoms with E-state index in [1.54, 1.807) is 0 Å². The lowest BCUT2D eigenvalue weighted by molar-refractivity contribution is 0.629. The smallest absolute Gasteiger partial charge is 0.271 e. The predicted octanol–water partition coefficient (Wildman–Crippen LogP) is 1.96. The molecule has 0 radical (unpaired) electrons. The number of fused-ring (bicyclic) bond motifs is 1. The standard InChI is InChI=1S/C9H6BrFN2O/c10-4-8-9(14)13-7-3-5(11)1-2-6(7)12-8/h1-3H,4H2,(H,13,14). The fourth-order valence-corrected chi connectivity index (χ4v) is 1.57. The Morgan fingerprint density at radius 1 is 1.50 bits per heavy atom. The summed E-state index contributed by atoms with van der Waals surface area (Å²) in [6.07, 6.45) is 0. The number of H-pyrrole nitrogens is 1. The van der Waals surface area contributed by atoms with Crippen LogP contribution in [0.3, 0.4) is 0 Å². The summed E-state index contributed by atoms with van der Waals surface area (Å²) in [5, 5.41) is 0.385. The molecule has 2 rings (SSSR count). The first-order chi connectivity index (χ1) is 6.70. The van der Waals surface area contributed by atoms with Crippen molar-refractivity contribution in [2.45, 2.75) is 5.33 Å². The molecule has 1 N–H and O–H groups in total. The molecule has 0 aliphatic heterocycles. The first kappa shape index (κ1) is 9.33. The molecule has 0 saturated heterocycles. The SMILES string of the molecule is O=c1[nH]c2cc(F)ccc2nc1CBr. The van der Waals surface area contributed by atoms with Gasteiger partial charge in [0.15, 0.2) is 0 Å². The quantitative estimate of drug-likeness (QED) is 0.793. The van der Waals surface area contributed by atoms with E-state index in [9.17, 15) is 9.18 Å². The molecule has 1 aromatic heterocycles. The second-order valence-corrected chi connectivity index (χ2v) is 3.37. The summed E-state index contributed by atoms with van der Waals surface area (Å²) in [6, 6.07) is 4.10. The van der Waals surface area contributed by atoms with Gasteiger partial charge in [0.2, 0.25) is 0 Å². The maximum atomic E-state index is 12.8. The predicted molar refractivity (Wildman–Crippen MR) is 55.0 cm³/mol. The van der Waals surface area contributed by atoms with E-state index in [1.165, 1.54) is 18.2 Å². The Morgan fingerprint density at radius 3 is 3.00 bits per heavy atom. The molecule has 14 heavy (non-hydrogen) atoms. The molecule has 5 heteroatoms. The molecule has 2 aromatic rings. The van der Waals surface area contributed by atoms with Gasteiger partial charge in [0.1, 0.15) is 11.5 Å². The Morgan fingerprint density at radius 2 is 2.29 bits per heavy atom. The van der Waals surface area contributed by atoms with Crippen molar-refractivity contribution < 1.29 is 4.39 Å². The highest BCUT2D eigenvalue weighted by atomic mass is 79.9. The summed E-state index contributed by atoms with van der Waals surface area (Å²) in [4.78, 5) is 17.9. The molecular formula is C9H6BrFN2O. The monoisotopic (exact) mass is 256 g/mol. The Labute approximate surface area is 87.1 Å². The molecule has 0 amide bonds. The number of aromatic nitrogens is 2. The van der Waals surface area contributed by atoms with E-state index in [4.69, 9.17) is 0 Å². The third-order valence-electron chi connectivity index (χ3n) is 1.85. The first-order valence-corrected chi connectivity index (χ1v) is 5.07. The van der Waals surface area contributed by atoms with Gasteiger partial charge in [0.05, 0.1) is 16.4 Å². The van der Waals surface area contributed by atoms with Gasteiger partial charge in [0.25, 0.3) is 5.56 Å².